The molecular weight excluding hydrogens is 384 g/mol. The summed E-state index contributed by atoms with van der Waals surface area (Å²) < 4.78 is 0. The number of nitrogens with zero attached hydrogens (tertiary/aromatic N) is 1. The van der Waals surface area contributed by atoms with Crippen LogP contribution < -0.4 is 16.4 Å². The van der Waals surface area contributed by atoms with Gasteiger partial charge in [0.05, 0.1) is 15.6 Å². The molecule has 1 aliphatic carbocycles. The Morgan fingerprint density at radius 3 is 2.54 bits per heavy atom. The van der Waals surface area contributed by atoms with Gasteiger partial charge >= 0.3 is 0 Å². The molecule has 0 atom stereocenters. The largest absolute Gasteiger partial charge is 0.366 e. The number of carbonyl (C=O) groups is 3. The molecule has 2 rings (SSSR count). The molecule has 4 N–H and O–H groups in total. The van der Waals surface area contributed by atoms with Crippen LogP contribution in [-0.2, 0) is 9.59 Å². The van der Waals surface area contributed by atoms with E-state index in [-0.39, 0.29) is 52.7 Å². The fourth-order valence-corrected chi connectivity index (χ4v) is 3.83. The van der Waals surface area contributed by atoms with Crippen molar-refractivity contribution in [3.05, 3.63) is 33.9 Å². The van der Waals surface area contributed by atoms with Crippen LogP contribution in [0.3, 0.4) is 0 Å². The molecule has 1 aliphatic rings. The third-order valence-corrected chi connectivity index (χ3v) is 5.51. The number of nitrogens with one attached hydrogen (secondary N) is 2. The Morgan fingerprint density at radius 2 is 1.89 bits per heavy atom. The number of thioether (sulfide) groups is 1. The van der Waals surface area contributed by atoms with Crippen LogP contribution in [0.5, 0.6) is 0 Å². The summed E-state index contributed by atoms with van der Waals surface area (Å²) in [6.07, 6.45) is 5.67. The van der Waals surface area contributed by atoms with Gasteiger partial charge in [-0.15, -0.1) is 11.8 Å². The fourth-order valence-electron chi connectivity index (χ4n) is 2.99. The average Bonchev–Trinajstić information content (AvgIpc) is 2.66. The minimum atomic E-state index is -0.760. The molecule has 1 fully saturated rings. The quantitative estimate of drug-likeness (QED) is 0.322. The van der Waals surface area contributed by atoms with Gasteiger partial charge in [-0.25, -0.2) is 0 Å². The third kappa shape index (κ3) is 6.84. The Hall–Kier alpha value is -2.62. The van der Waals surface area contributed by atoms with Gasteiger partial charge in [0, 0.05) is 30.6 Å². The number of nitrogens with two attached hydrogens (primary N) is 1. The van der Waals surface area contributed by atoms with E-state index in [1.54, 1.807) is 0 Å². The van der Waals surface area contributed by atoms with E-state index in [1.165, 1.54) is 18.6 Å². The van der Waals surface area contributed by atoms with Crippen LogP contribution in [0.4, 0.5) is 5.69 Å². The highest BCUT2D eigenvalue weighted by Crippen LogP contribution is 2.29. The Morgan fingerprint density at radius 1 is 1.18 bits per heavy atom. The number of nitro benzene ring substituents is 1. The number of amides is 3. The van der Waals surface area contributed by atoms with Crippen molar-refractivity contribution in [1.29, 1.82) is 0 Å². The van der Waals surface area contributed by atoms with Gasteiger partial charge in [-0.05, 0) is 25.0 Å². The predicted octanol–water partition coefficient (Wildman–Crippen LogP) is 1.74. The van der Waals surface area contributed by atoms with Crippen LogP contribution in [0, 0.1) is 10.1 Å². The van der Waals surface area contributed by atoms with Gasteiger partial charge in [0.2, 0.25) is 17.7 Å². The lowest BCUT2D eigenvalue weighted by Gasteiger charge is -2.22. The standard InChI is InChI=1S/C18H24N4O5S/c19-18(25)12-6-7-15(14(10-12)22(26)27)28-11-17(24)20-9-8-16(23)21-13-4-2-1-3-5-13/h6-7,10,13H,1-5,8-9,11H2,(H2,19,25)(H,20,24)(H,21,23). The van der Waals surface area contributed by atoms with Crippen LogP contribution in [0.25, 0.3) is 0 Å². The molecule has 0 bridgehead atoms. The number of hydrogen-bond acceptors (Lipinski definition) is 6. The second-order valence-electron chi connectivity index (χ2n) is 6.59. The van der Waals surface area contributed by atoms with Gasteiger partial charge in [-0.2, -0.15) is 0 Å². The van der Waals surface area contributed by atoms with Gasteiger partial charge in [-0.3, -0.25) is 24.5 Å². The molecule has 152 valence electrons. The maximum atomic E-state index is 11.9. The minimum Gasteiger partial charge on any atom is -0.366 e. The number of primary amides is 1. The van der Waals surface area contributed by atoms with E-state index in [0.29, 0.717) is 0 Å². The van der Waals surface area contributed by atoms with Crippen molar-refractivity contribution < 1.29 is 19.3 Å². The maximum absolute atomic E-state index is 11.9. The molecule has 1 saturated carbocycles. The van der Waals surface area contributed by atoms with E-state index in [1.807, 2.05) is 0 Å². The Labute approximate surface area is 167 Å². The predicted molar refractivity (Wildman–Crippen MR) is 105 cm³/mol. The second-order valence-corrected chi connectivity index (χ2v) is 7.61. The first-order valence-corrected chi connectivity index (χ1v) is 10.1. The molecular formula is C18H24N4O5S. The summed E-state index contributed by atoms with van der Waals surface area (Å²) in [7, 11) is 0. The molecule has 10 heteroatoms. The van der Waals surface area contributed by atoms with Crippen molar-refractivity contribution in [2.24, 2.45) is 5.73 Å². The smallest absolute Gasteiger partial charge is 0.283 e. The molecule has 1 aromatic carbocycles. The molecule has 0 unspecified atom stereocenters. The summed E-state index contributed by atoms with van der Waals surface area (Å²) in [6, 6.07) is 4.10. The zero-order valence-electron chi connectivity index (χ0n) is 15.4. The van der Waals surface area contributed by atoms with Crippen molar-refractivity contribution in [3.8, 4) is 0 Å². The van der Waals surface area contributed by atoms with E-state index in [2.05, 4.69) is 10.6 Å². The summed E-state index contributed by atoms with van der Waals surface area (Å²) in [6.45, 7) is 0.209. The molecule has 0 aromatic heterocycles. The van der Waals surface area contributed by atoms with Gasteiger partial charge in [0.25, 0.3) is 5.69 Å². The number of carbonyl (C=O) groups excluding carboxylic acids is 3. The molecule has 0 radical (unpaired) electrons. The van der Waals surface area contributed by atoms with E-state index in [0.717, 1.165) is 43.5 Å². The van der Waals surface area contributed by atoms with Crippen LogP contribution in [0.2, 0.25) is 0 Å². The normalized spacial score (nSPS) is 14.3. The van der Waals surface area contributed by atoms with E-state index < -0.39 is 10.8 Å². The van der Waals surface area contributed by atoms with E-state index in [4.69, 9.17) is 5.73 Å². The zero-order chi connectivity index (χ0) is 20.5. The summed E-state index contributed by atoms with van der Waals surface area (Å²) >= 11 is 0.985. The van der Waals surface area contributed by atoms with Crippen LogP contribution in [0.1, 0.15) is 48.9 Å². The molecule has 3 amide bonds. The van der Waals surface area contributed by atoms with E-state index >= 15 is 0 Å². The Bertz CT molecular complexity index is 749. The molecule has 0 aliphatic heterocycles. The fraction of sp³-hybridized carbons (Fsp3) is 0.500. The zero-order valence-corrected chi connectivity index (χ0v) is 16.3. The van der Waals surface area contributed by atoms with Crippen molar-refractivity contribution in [2.75, 3.05) is 12.3 Å². The summed E-state index contributed by atoms with van der Waals surface area (Å²) in [5, 5.41) is 16.8. The highest BCUT2D eigenvalue weighted by molar-refractivity contribution is 8.00. The number of benzene rings is 1. The van der Waals surface area contributed by atoms with Crippen LogP contribution >= 0.6 is 11.8 Å². The summed E-state index contributed by atoms with van der Waals surface area (Å²) in [5.74, 6) is -1.22. The van der Waals surface area contributed by atoms with Gasteiger partial charge in [-0.1, -0.05) is 19.3 Å². The van der Waals surface area contributed by atoms with Crippen LogP contribution in [0.15, 0.2) is 23.1 Å². The van der Waals surface area contributed by atoms with Crippen molar-refractivity contribution in [1.82, 2.24) is 10.6 Å². The van der Waals surface area contributed by atoms with Crippen molar-refractivity contribution in [2.45, 2.75) is 49.5 Å². The van der Waals surface area contributed by atoms with Crippen molar-refractivity contribution >= 4 is 35.2 Å². The van der Waals surface area contributed by atoms with E-state index in [9.17, 15) is 24.5 Å². The third-order valence-electron chi connectivity index (χ3n) is 4.44. The SMILES string of the molecule is NC(=O)c1ccc(SCC(=O)NCCC(=O)NC2CCCCC2)c([N+](=O)[O-])c1. The average molecular weight is 408 g/mol. The Kier molecular flexibility index (Phi) is 8.24. The highest BCUT2D eigenvalue weighted by atomic mass is 32.2. The summed E-state index contributed by atoms with van der Waals surface area (Å²) in [4.78, 5) is 45.8. The second kappa shape index (κ2) is 10.6. The molecule has 28 heavy (non-hydrogen) atoms. The van der Waals surface area contributed by atoms with Gasteiger partial charge in [0.15, 0.2) is 0 Å². The number of rotatable bonds is 9. The van der Waals surface area contributed by atoms with Crippen molar-refractivity contribution in [3.63, 3.8) is 0 Å². The highest BCUT2D eigenvalue weighted by Gasteiger charge is 2.18. The molecule has 0 heterocycles. The van der Waals surface area contributed by atoms with Crippen LogP contribution in [-0.4, -0.2) is 41.0 Å². The molecule has 9 nitrogen and oxygen atoms in total. The first-order chi connectivity index (χ1) is 13.4. The lowest BCUT2D eigenvalue weighted by Crippen LogP contribution is -2.38. The van der Waals surface area contributed by atoms with Gasteiger partial charge in [0.1, 0.15) is 0 Å². The first kappa shape index (κ1) is 21.7. The minimum absolute atomic E-state index is 0.0319. The number of hydrogen-bond donors (Lipinski definition) is 3. The lowest BCUT2D eigenvalue weighted by atomic mass is 9.95. The summed E-state index contributed by atoms with van der Waals surface area (Å²) in [5.41, 5.74) is 4.88. The maximum Gasteiger partial charge on any atom is 0.283 e. The monoisotopic (exact) mass is 408 g/mol. The molecule has 1 aromatic rings. The lowest BCUT2D eigenvalue weighted by molar-refractivity contribution is -0.387. The molecule has 0 saturated heterocycles. The van der Waals surface area contributed by atoms with Gasteiger partial charge < -0.3 is 16.4 Å². The molecule has 0 spiro atoms. The Balaban J connectivity index is 1.75. The number of nitro groups is 1. The topological polar surface area (TPSA) is 144 Å². The first-order valence-electron chi connectivity index (χ1n) is 9.14.